The molecule has 14 heteroatoms. The van der Waals surface area contributed by atoms with Gasteiger partial charge in [0.05, 0.1) is 13.0 Å². The van der Waals surface area contributed by atoms with Crippen LogP contribution in [0.2, 0.25) is 5.15 Å². The van der Waals surface area contributed by atoms with Crippen LogP contribution in [0.5, 0.6) is 5.75 Å². The Morgan fingerprint density at radius 1 is 1.02 bits per heavy atom. The molecule has 0 radical (unpaired) electrons. The number of anilines is 2. The molecule has 0 bridgehead atoms. The van der Waals surface area contributed by atoms with Crippen LogP contribution < -0.4 is 26.1 Å². The third-order valence-electron chi connectivity index (χ3n) is 9.66. The van der Waals surface area contributed by atoms with Crippen molar-refractivity contribution in [2.45, 2.75) is 78.3 Å². The highest BCUT2D eigenvalue weighted by atomic mass is 35.5. The summed E-state index contributed by atoms with van der Waals surface area (Å²) in [7, 11) is 0. The number of nitrogen functional groups attached to an aromatic ring is 2. The molecule has 0 aliphatic carbocycles. The van der Waals surface area contributed by atoms with Gasteiger partial charge in [-0.05, 0) is 64.4 Å². The summed E-state index contributed by atoms with van der Waals surface area (Å²) in [6.45, 7) is 11.8. The zero-order valence-electron chi connectivity index (χ0n) is 28.3. The SMILES string of the molecule is CCNC(=O)N1CCC(n2c(CCC(=O)c3nc(Cl)c(N)nc3N)[n+](CC)c3ccc(OCC(=O)CC4CCN(CC)CC4)cc32)CC1. The minimum atomic E-state index is -0.282. The van der Waals surface area contributed by atoms with Crippen LogP contribution in [0, 0.1) is 5.92 Å². The van der Waals surface area contributed by atoms with E-state index in [4.69, 9.17) is 27.8 Å². The maximum atomic E-state index is 13.4. The molecule has 260 valence electrons. The number of nitrogens with zero attached hydrogens (tertiary/aromatic N) is 6. The fourth-order valence-corrected chi connectivity index (χ4v) is 7.20. The molecule has 2 fully saturated rings. The van der Waals surface area contributed by atoms with Crippen molar-refractivity contribution in [3.63, 3.8) is 0 Å². The number of nitrogens with one attached hydrogen (secondary N) is 1. The second-order valence-corrected chi connectivity index (χ2v) is 13.1. The van der Waals surface area contributed by atoms with Crippen molar-refractivity contribution >= 4 is 51.9 Å². The van der Waals surface area contributed by atoms with Crippen molar-refractivity contribution in [1.29, 1.82) is 0 Å². The monoisotopic (exact) mass is 682 g/mol. The molecule has 13 nitrogen and oxygen atoms in total. The minimum Gasteiger partial charge on any atom is -0.486 e. The van der Waals surface area contributed by atoms with Gasteiger partial charge in [-0.3, -0.25) is 9.59 Å². The van der Waals surface area contributed by atoms with E-state index < -0.39 is 0 Å². The standard InChI is InChI=1S/C34H48ClN9O4/c1-4-38-34(47)42-17-13-23(14-18-42)44-27-20-25(48-21-24(45)19-22-11-15-41(5-2)16-12-22)7-8-26(27)43(6-3)29(44)10-9-28(46)30-32(36)40-33(37)31(35)39-30/h7-8,20,22-23H,4-6,9-19,21H2,1-3H3,(H4-,36,37,38,40,46,47)/p+1. The number of nitrogens with two attached hydrogens (primary N) is 2. The van der Waals surface area contributed by atoms with E-state index in [-0.39, 0.29) is 59.1 Å². The van der Waals surface area contributed by atoms with Crippen LogP contribution in [-0.2, 0) is 17.8 Å². The molecule has 2 saturated heterocycles. The molecule has 0 unspecified atom stereocenters. The number of urea groups is 1. The maximum Gasteiger partial charge on any atom is 0.317 e. The number of Topliss-reactive ketones (excluding diaryl/α,β-unsaturated/α-hetero) is 2. The number of piperidine rings is 2. The fourth-order valence-electron chi connectivity index (χ4n) is 7.07. The topological polar surface area (TPSA) is 166 Å². The van der Waals surface area contributed by atoms with Gasteiger partial charge in [-0.2, -0.15) is 0 Å². The lowest BCUT2D eigenvalue weighted by atomic mass is 9.92. The number of carbonyl (C=O) groups excluding carboxylic acids is 3. The highest BCUT2D eigenvalue weighted by Crippen LogP contribution is 2.31. The van der Waals surface area contributed by atoms with Crippen LogP contribution >= 0.6 is 11.6 Å². The Morgan fingerprint density at radius 2 is 1.75 bits per heavy atom. The second-order valence-electron chi connectivity index (χ2n) is 12.7. The summed E-state index contributed by atoms with van der Waals surface area (Å²) in [6.07, 6.45) is 4.67. The van der Waals surface area contributed by atoms with Crippen molar-refractivity contribution in [1.82, 2.24) is 29.7 Å². The summed E-state index contributed by atoms with van der Waals surface area (Å²) in [5.74, 6) is 1.77. The number of likely N-dealkylation sites (tertiary alicyclic amines) is 2. The Morgan fingerprint density at radius 3 is 2.42 bits per heavy atom. The lowest BCUT2D eigenvalue weighted by Crippen LogP contribution is -2.45. The number of fused-ring (bicyclic) bond motifs is 1. The molecule has 0 saturated carbocycles. The van der Waals surface area contributed by atoms with E-state index in [1.165, 1.54) is 0 Å². The number of halogens is 1. The molecule has 5 rings (SSSR count). The molecule has 2 aromatic heterocycles. The van der Waals surface area contributed by atoms with E-state index in [0.717, 1.165) is 62.2 Å². The summed E-state index contributed by atoms with van der Waals surface area (Å²) < 4.78 is 10.6. The van der Waals surface area contributed by atoms with Gasteiger partial charge in [0.25, 0.3) is 5.82 Å². The van der Waals surface area contributed by atoms with Crippen molar-refractivity contribution in [2.75, 3.05) is 57.3 Å². The smallest absolute Gasteiger partial charge is 0.317 e. The number of rotatable bonds is 13. The number of ketones is 2. The highest BCUT2D eigenvalue weighted by Gasteiger charge is 2.34. The molecule has 48 heavy (non-hydrogen) atoms. The summed E-state index contributed by atoms with van der Waals surface area (Å²) in [6, 6.07) is 5.95. The Hall–Kier alpha value is -3.97. The van der Waals surface area contributed by atoms with Gasteiger partial charge in [0.2, 0.25) is 0 Å². The van der Waals surface area contributed by atoms with E-state index >= 15 is 0 Å². The van der Waals surface area contributed by atoms with Gasteiger partial charge in [-0.1, -0.05) is 18.5 Å². The molecule has 3 aromatic rings. The van der Waals surface area contributed by atoms with E-state index in [1.54, 1.807) is 0 Å². The maximum absolute atomic E-state index is 13.4. The molecule has 2 aliphatic rings. The molecule has 1 aromatic carbocycles. The average Bonchev–Trinajstić information content (AvgIpc) is 3.40. The van der Waals surface area contributed by atoms with Gasteiger partial charge in [0, 0.05) is 51.4 Å². The number of carbonyl (C=O) groups is 3. The predicted molar refractivity (Wildman–Crippen MR) is 185 cm³/mol. The van der Waals surface area contributed by atoms with Crippen LogP contribution in [0.25, 0.3) is 11.0 Å². The Balaban J connectivity index is 1.39. The number of hydrogen-bond acceptors (Lipinski definition) is 9. The largest absolute Gasteiger partial charge is 0.486 e. The number of aromatic nitrogens is 4. The van der Waals surface area contributed by atoms with Gasteiger partial charge in [-0.25, -0.2) is 23.9 Å². The minimum absolute atomic E-state index is 0.00595. The number of ether oxygens (including phenoxy) is 1. The summed E-state index contributed by atoms with van der Waals surface area (Å²) in [5.41, 5.74) is 13.7. The van der Waals surface area contributed by atoms with Gasteiger partial charge in [0.1, 0.15) is 24.1 Å². The van der Waals surface area contributed by atoms with Crippen LogP contribution in [0.1, 0.15) is 81.7 Å². The molecule has 0 atom stereocenters. The van der Waals surface area contributed by atoms with Crippen molar-refractivity contribution in [3.05, 3.63) is 34.9 Å². The van der Waals surface area contributed by atoms with Gasteiger partial charge in [-0.15, -0.1) is 0 Å². The second kappa shape index (κ2) is 16.0. The third kappa shape index (κ3) is 8.00. The lowest BCUT2D eigenvalue weighted by Gasteiger charge is -2.31. The molecule has 2 amide bonds. The van der Waals surface area contributed by atoms with Crippen LogP contribution in [0.15, 0.2) is 18.2 Å². The Labute approximate surface area is 286 Å². The number of hydrogen-bond donors (Lipinski definition) is 3. The predicted octanol–water partition coefficient (Wildman–Crippen LogP) is 3.81. The first-order valence-corrected chi connectivity index (χ1v) is 17.6. The van der Waals surface area contributed by atoms with Gasteiger partial charge >= 0.3 is 6.03 Å². The summed E-state index contributed by atoms with van der Waals surface area (Å²) in [4.78, 5) is 51.2. The van der Waals surface area contributed by atoms with Crippen LogP contribution in [-0.4, -0.2) is 87.8 Å². The molecule has 2 aliphatic heterocycles. The normalized spacial score (nSPS) is 16.4. The lowest BCUT2D eigenvalue weighted by molar-refractivity contribution is -0.676. The van der Waals surface area contributed by atoms with E-state index in [2.05, 4.69) is 43.2 Å². The number of aryl methyl sites for hydroxylation is 1. The summed E-state index contributed by atoms with van der Waals surface area (Å²) >= 11 is 6.07. The third-order valence-corrected chi connectivity index (χ3v) is 9.94. The van der Waals surface area contributed by atoms with Gasteiger partial charge < -0.3 is 31.3 Å². The van der Waals surface area contributed by atoms with Crippen molar-refractivity contribution < 1.29 is 23.7 Å². The van der Waals surface area contributed by atoms with Crippen LogP contribution in [0.4, 0.5) is 16.4 Å². The molecule has 5 N–H and O–H groups in total. The number of imidazole rings is 1. The van der Waals surface area contributed by atoms with Crippen molar-refractivity contribution in [3.8, 4) is 5.75 Å². The first-order valence-electron chi connectivity index (χ1n) is 17.2. The van der Waals surface area contributed by atoms with Gasteiger partial charge in [0.15, 0.2) is 39.4 Å². The molecular weight excluding hydrogens is 634 g/mol. The molecular formula is C34H49ClN9O4+. The quantitative estimate of drug-likeness (QED) is 0.180. The average molecular weight is 683 g/mol. The Kier molecular flexibility index (Phi) is 11.7. The zero-order chi connectivity index (χ0) is 34.4. The van der Waals surface area contributed by atoms with E-state index in [0.29, 0.717) is 50.7 Å². The van der Waals surface area contributed by atoms with Crippen LogP contribution in [0.3, 0.4) is 0 Å². The van der Waals surface area contributed by atoms with E-state index in [9.17, 15) is 14.4 Å². The first-order chi connectivity index (χ1) is 23.1. The summed E-state index contributed by atoms with van der Waals surface area (Å²) in [5, 5.41) is 2.84. The first kappa shape index (κ1) is 35.3. The molecule has 0 spiro atoms. The molecule has 4 heterocycles. The number of amides is 2. The highest BCUT2D eigenvalue weighted by molar-refractivity contribution is 6.31. The fraction of sp³-hybridized carbons (Fsp3) is 0.588. The van der Waals surface area contributed by atoms with E-state index in [1.807, 2.05) is 30.0 Å². The Bertz CT molecular complexity index is 1630. The number of benzene rings is 1. The zero-order valence-corrected chi connectivity index (χ0v) is 29.1. The van der Waals surface area contributed by atoms with Crippen molar-refractivity contribution in [2.24, 2.45) is 5.92 Å².